The molecule has 6 heteroatoms. The number of benzene rings is 2. The minimum absolute atomic E-state index is 0.00302. The average Bonchev–Trinajstić information content (AvgIpc) is 2.55. The van der Waals surface area contributed by atoms with Crippen molar-refractivity contribution >= 4 is 45.2 Å². The number of halogens is 1. The molecule has 2 aromatic rings. The van der Waals surface area contributed by atoms with Gasteiger partial charge >= 0.3 is 0 Å². The lowest BCUT2D eigenvalue weighted by Gasteiger charge is -2.06. The third-order valence-corrected chi connectivity index (χ3v) is 3.54. The predicted octanol–water partition coefficient (Wildman–Crippen LogP) is 3.95. The molecule has 5 nitrogen and oxygen atoms in total. The third kappa shape index (κ3) is 5.07. The number of hydrogen-bond acceptors (Lipinski definition) is 3. The van der Waals surface area contributed by atoms with Gasteiger partial charge in [-0.05, 0) is 48.0 Å². The number of carbonyl (C=O) groups is 2. The largest absolute Gasteiger partial charge is 0.326 e. The second-order valence-corrected chi connectivity index (χ2v) is 5.85. The summed E-state index contributed by atoms with van der Waals surface area (Å²) in [6, 6.07) is 15.8. The van der Waals surface area contributed by atoms with Gasteiger partial charge < -0.3 is 10.6 Å². The van der Waals surface area contributed by atoms with E-state index in [2.05, 4.69) is 26.6 Å². The number of rotatable bonds is 4. The molecule has 0 spiro atoms. The van der Waals surface area contributed by atoms with E-state index in [1.54, 1.807) is 36.4 Å². The van der Waals surface area contributed by atoms with Gasteiger partial charge in [0, 0.05) is 22.8 Å². The van der Waals surface area contributed by atoms with Crippen LogP contribution < -0.4 is 10.6 Å². The lowest BCUT2D eigenvalue weighted by molar-refractivity contribution is -0.114. The van der Waals surface area contributed by atoms with E-state index in [0.29, 0.717) is 11.4 Å². The maximum absolute atomic E-state index is 12.2. The Labute approximate surface area is 148 Å². The fourth-order valence-electron chi connectivity index (χ4n) is 1.91. The predicted molar refractivity (Wildman–Crippen MR) is 97.1 cm³/mol. The molecule has 0 fully saturated rings. The highest BCUT2D eigenvalue weighted by molar-refractivity contribution is 9.10. The zero-order valence-corrected chi connectivity index (χ0v) is 14.4. The van der Waals surface area contributed by atoms with Gasteiger partial charge in [-0.15, -0.1) is 0 Å². The molecule has 0 heterocycles. The minimum Gasteiger partial charge on any atom is -0.326 e. The number of nitrogens with zero attached hydrogens (tertiary/aromatic N) is 1. The van der Waals surface area contributed by atoms with Crippen molar-refractivity contribution in [2.45, 2.75) is 6.92 Å². The second-order valence-electron chi connectivity index (χ2n) is 4.93. The van der Waals surface area contributed by atoms with Crippen LogP contribution in [0.3, 0.4) is 0 Å². The molecular weight excluding hydrogens is 370 g/mol. The van der Waals surface area contributed by atoms with E-state index in [4.69, 9.17) is 0 Å². The van der Waals surface area contributed by atoms with Crippen LogP contribution >= 0.6 is 15.9 Å². The van der Waals surface area contributed by atoms with Crippen LogP contribution in [-0.4, -0.2) is 11.8 Å². The topological polar surface area (TPSA) is 82.0 Å². The highest BCUT2D eigenvalue weighted by Crippen LogP contribution is 2.16. The number of anilines is 2. The van der Waals surface area contributed by atoms with E-state index in [-0.39, 0.29) is 11.5 Å². The highest BCUT2D eigenvalue weighted by Gasteiger charge is 2.09. The third-order valence-electron chi connectivity index (χ3n) is 3.01. The molecule has 0 aromatic heterocycles. The summed E-state index contributed by atoms with van der Waals surface area (Å²) in [5.41, 5.74) is 1.92. The van der Waals surface area contributed by atoms with Crippen molar-refractivity contribution in [3.63, 3.8) is 0 Å². The van der Waals surface area contributed by atoms with Crippen LogP contribution in [0.2, 0.25) is 0 Å². The maximum Gasteiger partial charge on any atom is 0.266 e. The van der Waals surface area contributed by atoms with E-state index in [0.717, 1.165) is 10.0 Å². The minimum atomic E-state index is -0.493. The molecule has 0 aliphatic rings. The Morgan fingerprint density at radius 2 is 1.54 bits per heavy atom. The molecule has 24 heavy (non-hydrogen) atoms. The SMILES string of the molecule is CC(=O)Nc1ccc(NC(=O)/C(C#N)=C/c2ccc(Br)cc2)cc1. The van der Waals surface area contributed by atoms with Crippen molar-refractivity contribution in [3.8, 4) is 6.07 Å². The Kier molecular flexibility index (Phi) is 5.88. The van der Waals surface area contributed by atoms with Gasteiger partial charge in [0.1, 0.15) is 11.6 Å². The molecule has 2 amide bonds. The van der Waals surface area contributed by atoms with Crippen LogP contribution in [0.1, 0.15) is 12.5 Å². The summed E-state index contributed by atoms with van der Waals surface area (Å²) in [7, 11) is 0. The van der Waals surface area contributed by atoms with E-state index in [1.165, 1.54) is 13.0 Å². The Bertz CT molecular complexity index is 819. The summed E-state index contributed by atoms with van der Waals surface area (Å²) in [6.07, 6.45) is 1.52. The zero-order valence-electron chi connectivity index (χ0n) is 12.8. The smallest absolute Gasteiger partial charge is 0.266 e. The molecule has 120 valence electrons. The van der Waals surface area contributed by atoms with E-state index in [9.17, 15) is 14.9 Å². The molecule has 0 aliphatic carbocycles. The number of amides is 2. The zero-order chi connectivity index (χ0) is 17.5. The van der Waals surface area contributed by atoms with Gasteiger partial charge in [-0.2, -0.15) is 5.26 Å². The van der Waals surface area contributed by atoms with Crippen molar-refractivity contribution in [1.82, 2.24) is 0 Å². The van der Waals surface area contributed by atoms with Gasteiger partial charge in [0.2, 0.25) is 5.91 Å². The van der Waals surface area contributed by atoms with Gasteiger partial charge in [-0.25, -0.2) is 0 Å². The first kappa shape index (κ1) is 17.4. The molecule has 0 saturated carbocycles. The molecule has 0 radical (unpaired) electrons. The summed E-state index contributed by atoms with van der Waals surface area (Å²) in [4.78, 5) is 23.2. The molecule has 0 unspecified atom stereocenters. The first-order valence-corrected chi connectivity index (χ1v) is 7.83. The lowest BCUT2D eigenvalue weighted by atomic mass is 10.1. The van der Waals surface area contributed by atoms with Crippen LogP contribution in [0, 0.1) is 11.3 Å². The fourth-order valence-corrected chi connectivity index (χ4v) is 2.18. The van der Waals surface area contributed by atoms with E-state index < -0.39 is 5.91 Å². The van der Waals surface area contributed by atoms with Crippen molar-refractivity contribution in [2.75, 3.05) is 10.6 Å². The summed E-state index contributed by atoms with van der Waals surface area (Å²) in [6.45, 7) is 1.42. The Morgan fingerprint density at radius 1 is 1.00 bits per heavy atom. The number of nitriles is 1. The van der Waals surface area contributed by atoms with Crippen molar-refractivity contribution in [3.05, 3.63) is 64.1 Å². The van der Waals surface area contributed by atoms with Crippen LogP contribution in [0.4, 0.5) is 11.4 Å². The Hall–Kier alpha value is -2.91. The van der Waals surface area contributed by atoms with Crippen molar-refractivity contribution < 1.29 is 9.59 Å². The maximum atomic E-state index is 12.2. The quantitative estimate of drug-likeness (QED) is 0.619. The highest BCUT2D eigenvalue weighted by atomic mass is 79.9. The summed E-state index contributed by atoms with van der Waals surface area (Å²) >= 11 is 3.33. The van der Waals surface area contributed by atoms with E-state index in [1.807, 2.05) is 18.2 Å². The number of carbonyl (C=O) groups excluding carboxylic acids is 2. The first-order valence-electron chi connectivity index (χ1n) is 7.04. The monoisotopic (exact) mass is 383 g/mol. The molecule has 0 atom stereocenters. The lowest BCUT2D eigenvalue weighted by Crippen LogP contribution is -2.13. The summed E-state index contributed by atoms with van der Waals surface area (Å²) < 4.78 is 0.918. The van der Waals surface area contributed by atoms with Crippen LogP contribution in [-0.2, 0) is 9.59 Å². The van der Waals surface area contributed by atoms with Crippen LogP contribution in [0.25, 0.3) is 6.08 Å². The Balaban J connectivity index is 2.10. The van der Waals surface area contributed by atoms with Crippen molar-refractivity contribution in [1.29, 1.82) is 5.26 Å². The molecule has 2 rings (SSSR count). The second kappa shape index (κ2) is 8.09. The summed E-state index contributed by atoms with van der Waals surface area (Å²) in [5, 5.41) is 14.5. The molecule has 2 N–H and O–H groups in total. The van der Waals surface area contributed by atoms with Crippen LogP contribution in [0.5, 0.6) is 0 Å². The van der Waals surface area contributed by atoms with Gasteiger partial charge in [0.05, 0.1) is 0 Å². The molecule has 0 bridgehead atoms. The molecular formula is C18H14BrN3O2. The first-order chi connectivity index (χ1) is 11.5. The molecule has 0 saturated heterocycles. The fraction of sp³-hybridized carbons (Fsp3) is 0.0556. The van der Waals surface area contributed by atoms with Crippen molar-refractivity contribution in [2.24, 2.45) is 0 Å². The van der Waals surface area contributed by atoms with Gasteiger partial charge in [-0.1, -0.05) is 28.1 Å². The van der Waals surface area contributed by atoms with Gasteiger partial charge in [-0.3, -0.25) is 9.59 Å². The Morgan fingerprint density at radius 3 is 2.04 bits per heavy atom. The van der Waals surface area contributed by atoms with Gasteiger partial charge in [0.25, 0.3) is 5.91 Å². The molecule has 2 aromatic carbocycles. The number of nitrogens with one attached hydrogen (secondary N) is 2. The number of hydrogen-bond donors (Lipinski definition) is 2. The normalized spacial score (nSPS) is 10.6. The standard InChI is InChI=1S/C18H14BrN3O2/c1-12(23)21-16-6-8-17(9-7-16)22-18(24)14(11-20)10-13-2-4-15(19)5-3-13/h2-10H,1H3,(H,21,23)(H,22,24)/b14-10+. The van der Waals surface area contributed by atoms with Crippen LogP contribution in [0.15, 0.2) is 58.6 Å². The van der Waals surface area contributed by atoms with E-state index >= 15 is 0 Å². The summed E-state index contributed by atoms with van der Waals surface area (Å²) in [5.74, 6) is -0.663. The average molecular weight is 384 g/mol. The van der Waals surface area contributed by atoms with Gasteiger partial charge in [0.15, 0.2) is 0 Å². The molecule has 0 aliphatic heterocycles.